The summed E-state index contributed by atoms with van der Waals surface area (Å²) in [6, 6.07) is 21.9. The Morgan fingerprint density at radius 3 is 1.91 bits per heavy atom. The van der Waals surface area contributed by atoms with Crippen LogP contribution in [0.15, 0.2) is 60.7 Å². The molecule has 2 atom stereocenters. The standard InChI is InChI=1S/C29H44O2Si/c1-5-6-7-10-17-25-18-15-16-19-26(31-25)24-30-32(29(2,3)4,27-20-11-8-12-21-27)28-22-13-9-14-23-28/h8-9,11-14,20-23,25-26H,5-7,10,15-19,24H2,1-4H3/t25-,26-/m0/s1. The van der Waals surface area contributed by atoms with E-state index in [0.717, 1.165) is 6.42 Å². The van der Waals surface area contributed by atoms with Gasteiger partial charge in [0.2, 0.25) is 0 Å². The molecule has 0 aromatic heterocycles. The molecule has 176 valence electrons. The monoisotopic (exact) mass is 452 g/mol. The van der Waals surface area contributed by atoms with E-state index >= 15 is 0 Å². The first-order valence-electron chi connectivity index (χ1n) is 12.9. The Balaban J connectivity index is 1.81. The van der Waals surface area contributed by atoms with Crippen molar-refractivity contribution in [3.63, 3.8) is 0 Å². The molecule has 1 heterocycles. The zero-order valence-electron chi connectivity index (χ0n) is 20.8. The number of ether oxygens (including phenoxy) is 1. The van der Waals surface area contributed by atoms with E-state index in [1.165, 1.54) is 61.7 Å². The van der Waals surface area contributed by atoms with E-state index in [1.807, 2.05) is 0 Å². The Hall–Kier alpha value is -1.42. The highest BCUT2D eigenvalue weighted by Gasteiger charge is 2.50. The maximum atomic E-state index is 7.17. The third kappa shape index (κ3) is 6.33. The van der Waals surface area contributed by atoms with Gasteiger partial charge in [0.15, 0.2) is 0 Å². The first-order chi connectivity index (χ1) is 15.5. The minimum Gasteiger partial charge on any atom is -0.405 e. The van der Waals surface area contributed by atoms with Gasteiger partial charge in [-0.25, -0.2) is 0 Å². The van der Waals surface area contributed by atoms with E-state index in [1.54, 1.807) is 0 Å². The van der Waals surface area contributed by atoms with Gasteiger partial charge in [0.1, 0.15) is 0 Å². The maximum absolute atomic E-state index is 7.17. The summed E-state index contributed by atoms with van der Waals surface area (Å²) in [4.78, 5) is 0. The normalized spacial score (nSPS) is 20.1. The first kappa shape index (κ1) is 25.2. The van der Waals surface area contributed by atoms with E-state index in [-0.39, 0.29) is 11.1 Å². The molecule has 1 fully saturated rings. The summed E-state index contributed by atoms with van der Waals surface area (Å²) >= 11 is 0. The Morgan fingerprint density at radius 1 is 0.812 bits per heavy atom. The zero-order valence-corrected chi connectivity index (χ0v) is 21.8. The van der Waals surface area contributed by atoms with Crippen molar-refractivity contribution in [3.8, 4) is 0 Å². The van der Waals surface area contributed by atoms with Crippen LogP contribution in [-0.4, -0.2) is 27.1 Å². The van der Waals surface area contributed by atoms with E-state index in [0.29, 0.717) is 12.7 Å². The molecule has 1 saturated heterocycles. The molecule has 0 bridgehead atoms. The Labute approximate surface area is 197 Å². The molecule has 1 aliphatic rings. The number of unbranched alkanes of at least 4 members (excludes halogenated alkanes) is 3. The van der Waals surface area contributed by atoms with Crippen molar-refractivity contribution in [1.82, 2.24) is 0 Å². The number of hydrogen-bond donors (Lipinski definition) is 0. The van der Waals surface area contributed by atoms with Crippen LogP contribution in [0.4, 0.5) is 0 Å². The van der Waals surface area contributed by atoms with Gasteiger partial charge in [0, 0.05) is 0 Å². The minimum absolute atomic E-state index is 0.0139. The second-order valence-corrected chi connectivity index (χ2v) is 14.8. The molecule has 3 rings (SSSR count). The average Bonchev–Trinajstić information content (AvgIpc) is 3.03. The summed E-state index contributed by atoms with van der Waals surface area (Å²) in [5.74, 6) is 0. The van der Waals surface area contributed by atoms with Gasteiger partial charge in [0.05, 0.1) is 18.8 Å². The Morgan fingerprint density at radius 2 is 1.38 bits per heavy atom. The van der Waals surface area contributed by atoms with Gasteiger partial charge in [-0.2, -0.15) is 0 Å². The molecular weight excluding hydrogens is 408 g/mol. The van der Waals surface area contributed by atoms with Gasteiger partial charge in [-0.15, -0.1) is 0 Å². The van der Waals surface area contributed by atoms with Crippen LogP contribution in [0.3, 0.4) is 0 Å². The van der Waals surface area contributed by atoms with Crippen molar-refractivity contribution in [1.29, 1.82) is 0 Å². The summed E-state index contributed by atoms with van der Waals surface area (Å²) in [7, 11) is -2.49. The quantitative estimate of drug-likeness (QED) is 0.289. The second kappa shape index (κ2) is 12.2. The summed E-state index contributed by atoms with van der Waals surface area (Å²) in [5, 5.41) is 2.71. The number of benzene rings is 2. The summed E-state index contributed by atoms with van der Waals surface area (Å²) < 4.78 is 13.8. The van der Waals surface area contributed by atoms with Gasteiger partial charge in [-0.05, 0) is 34.7 Å². The predicted molar refractivity (Wildman–Crippen MR) is 139 cm³/mol. The smallest absolute Gasteiger partial charge is 0.261 e. The predicted octanol–water partition coefficient (Wildman–Crippen LogP) is 6.86. The van der Waals surface area contributed by atoms with E-state index in [2.05, 4.69) is 88.4 Å². The van der Waals surface area contributed by atoms with Crippen molar-refractivity contribution in [2.75, 3.05) is 6.61 Å². The molecule has 0 aliphatic carbocycles. The fourth-order valence-corrected chi connectivity index (χ4v) is 9.86. The lowest BCUT2D eigenvalue weighted by Gasteiger charge is -2.43. The minimum atomic E-state index is -2.49. The van der Waals surface area contributed by atoms with Crippen LogP contribution in [-0.2, 0) is 9.16 Å². The molecule has 2 aromatic rings. The lowest BCUT2D eigenvalue weighted by Crippen LogP contribution is -2.67. The SMILES string of the molecule is CCCCCC[C@H]1CCCC[C@@H](CO[Si](c2ccccc2)(c2ccccc2)C(C)(C)C)O1. The molecule has 0 saturated carbocycles. The zero-order chi connectivity index (χ0) is 22.9. The first-order valence-corrected chi connectivity index (χ1v) is 14.8. The van der Waals surface area contributed by atoms with Gasteiger partial charge in [0.25, 0.3) is 8.32 Å². The summed E-state index contributed by atoms with van der Waals surface area (Å²) in [6.45, 7) is 10.0. The van der Waals surface area contributed by atoms with Crippen LogP contribution >= 0.6 is 0 Å². The average molecular weight is 453 g/mol. The highest BCUT2D eigenvalue weighted by molar-refractivity contribution is 6.99. The highest BCUT2D eigenvalue weighted by atomic mass is 28.4. The van der Waals surface area contributed by atoms with Crippen LogP contribution < -0.4 is 10.4 Å². The molecule has 0 unspecified atom stereocenters. The Kier molecular flexibility index (Phi) is 9.57. The van der Waals surface area contributed by atoms with Gasteiger partial charge < -0.3 is 9.16 Å². The third-order valence-electron chi connectivity index (χ3n) is 6.97. The molecule has 0 spiro atoms. The van der Waals surface area contributed by atoms with Gasteiger partial charge >= 0.3 is 0 Å². The van der Waals surface area contributed by atoms with E-state index < -0.39 is 8.32 Å². The van der Waals surface area contributed by atoms with Crippen molar-refractivity contribution in [3.05, 3.63) is 60.7 Å². The van der Waals surface area contributed by atoms with Crippen molar-refractivity contribution >= 4 is 18.7 Å². The highest BCUT2D eigenvalue weighted by Crippen LogP contribution is 2.37. The Bertz CT molecular complexity index is 729. The molecule has 0 amide bonds. The van der Waals surface area contributed by atoms with Crippen molar-refractivity contribution in [2.24, 2.45) is 0 Å². The fourth-order valence-electron chi connectivity index (χ4n) is 5.27. The lowest BCUT2D eigenvalue weighted by atomic mass is 10.0. The van der Waals surface area contributed by atoms with Crippen LogP contribution in [0, 0.1) is 0 Å². The second-order valence-electron chi connectivity index (χ2n) is 10.5. The topological polar surface area (TPSA) is 18.5 Å². The number of hydrogen-bond acceptors (Lipinski definition) is 2. The van der Waals surface area contributed by atoms with Crippen LogP contribution in [0.5, 0.6) is 0 Å². The molecule has 2 nitrogen and oxygen atoms in total. The maximum Gasteiger partial charge on any atom is 0.261 e. The molecule has 0 radical (unpaired) electrons. The van der Waals surface area contributed by atoms with Crippen LogP contribution in [0.2, 0.25) is 5.04 Å². The molecule has 0 N–H and O–H groups in total. The lowest BCUT2D eigenvalue weighted by molar-refractivity contribution is -0.0359. The van der Waals surface area contributed by atoms with Gasteiger partial charge in [-0.1, -0.05) is 127 Å². The molecule has 1 aliphatic heterocycles. The molecule has 32 heavy (non-hydrogen) atoms. The van der Waals surface area contributed by atoms with E-state index in [9.17, 15) is 0 Å². The van der Waals surface area contributed by atoms with E-state index in [4.69, 9.17) is 9.16 Å². The molecule has 3 heteroatoms. The van der Waals surface area contributed by atoms with Gasteiger partial charge in [-0.3, -0.25) is 0 Å². The fraction of sp³-hybridized carbons (Fsp3) is 0.586. The summed E-state index contributed by atoms with van der Waals surface area (Å²) in [6.07, 6.45) is 11.9. The summed E-state index contributed by atoms with van der Waals surface area (Å²) in [5.41, 5.74) is 0. The third-order valence-corrected chi connectivity index (χ3v) is 12.0. The van der Waals surface area contributed by atoms with Crippen LogP contribution in [0.1, 0.15) is 85.5 Å². The molecular formula is C29H44O2Si. The van der Waals surface area contributed by atoms with Crippen LogP contribution in [0.25, 0.3) is 0 Å². The van der Waals surface area contributed by atoms with Crippen molar-refractivity contribution < 1.29 is 9.16 Å². The van der Waals surface area contributed by atoms with Crippen molar-refractivity contribution in [2.45, 2.75) is 103 Å². The molecule has 2 aromatic carbocycles. The largest absolute Gasteiger partial charge is 0.405 e. The number of rotatable bonds is 10.